The van der Waals surface area contributed by atoms with Crippen LogP contribution >= 0.6 is 15.9 Å². The van der Waals surface area contributed by atoms with Crippen LogP contribution in [0.5, 0.6) is 11.5 Å². The Labute approximate surface area is 121 Å². The van der Waals surface area contributed by atoms with Gasteiger partial charge in [-0.15, -0.1) is 0 Å². The van der Waals surface area contributed by atoms with E-state index in [0.717, 1.165) is 9.99 Å². The van der Waals surface area contributed by atoms with Crippen molar-refractivity contribution < 1.29 is 9.66 Å². The van der Waals surface area contributed by atoms with E-state index in [1.165, 1.54) is 12.1 Å². The highest BCUT2D eigenvalue weighted by atomic mass is 79.9. The number of nitrogens with zero attached hydrogens (tertiary/aromatic N) is 3. The third kappa shape index (κ3) is 2.35. The number of ether oxygens (including phenoxy) is 1. The molecule has 3 rings (SSSR count). The second-order valence-electron chi connectivity index (χ2n) is 4.04. The first-order valence-electron chi connectivity index (χ1n) is 5.69. The first-order chi connectivity index (χ1) is 9.63. The van der Waals surface area contributed by atoms with Crippen LogP contribution in [0.1, 0.15) is 0 Å². The van der Waals surface area contributed by atoms with Gasteiger partial charge in [0.2, 0.25) is 0 Å². The van der Waals surface area contributed by atoms with E-state index in [1.807, 2.05) is 18.3 Å². The van der Waals surface area contributed by atoms with E-state index < -0.39 is 4.92 Å². The van der Waals surface area contributed by atoms with Gasteiger partial charge in [-0.2, -0.15) is 5.10 Å². The minimum absolute atomic E-state index is 0.0288. The lowest BCUT2D eigenvalue weighted by atomic mass is 10.3. The van der Waals surface area contributed by atoms with Crippen LogP contribution in [-0.4, -0.2) is 14.5 Å². The first-order valence-corrected chi connectivity index (χ1v) is 6.48. The lowest BCUT2D eigenvalue weighted by Crippen LogP contribution is -1.92. The van der Waals surface area contributed by atoms with Gasteiger partial charge in [0.25, 0.3) is 5.69 Å². The molecule has 3 aromatic rings. The van der Waals surface area contributed by atoms with Crippen molar-refractivity contribution >= 4 is 27.1 Å². The Morgan fingerprint density at radius 3 is 2.70 bits per heavy atom. The largest absolute Gasteiger partial charge is 0.455 e. The van der Waals surface area contributed by atoms with Crippen molar-refractivity contribution in [1.29, 1.82) is 0 Å². The molecule has 0 amide bonds. The molecule has 0 radical (unpaired) electrons. The number of non-ortho nitro benzene ring substituents is 1. The van der Waals surface area contributed by atoms with Crippen LogP contribution in [0, 0.1) is 10.1 Å². The molecule has 0 spiro atoms. The quantitative estimate of drug-likeness (QED) is 0.540. The first kappa shape index (κ1) is 12.6. The van der Waals surface area contributed by atoms with Crippen LogP contribution in [0.25, 0.3) is 5.52 Å². The van der Waals surface area contributed by atoms with Gasteiger partial charge in [0.15, 0.2) is 5.75 Å². The molecule has 0 saturated carbocycles. The lowest BCUT2D eigenvalue weighted by molar-refractivity contribution is -0.384. The van der Waals surface area contributed by atoms with E-state index in [4.69, 9.17) is 4.74 Å². The minimum atomic E-state index is -0.446. The van der Waals surface area contributed by atoms with Gasteiger partial charge in [0, 0.05) is 22.8 Å². The zero-order valence-corrected chi connectivity index (χ0v) is 11.6. The molecule has 2 heterocycles. The van der Waals surface area contributed by atoms with Crippen LogP contribution in [-0.2, 0) is 0 Å². The summed E-state index contributed by atoms with van der Waals surface area (Å²) in [5, 5.41) is 14.7. The molecule has 7 heteroatoms. The Bertz CT molecular complexity index is 783. The maximum atomic E-state index is 10.6. The molecule has 0 aliphatic carbocycles. The van der Waals surface area contributed by atoms with Gasteiger partial charge in [0.1, 0.15) is 11.3 Å². The summed E-state index contributed by atoms with van der Waals surface area (Å²) in [5.74, 6) is 1.14. The molecule has 0 aliphatic heterocycles. The predicted octanol–water partition coefficient (Wildman–Crippen LogP) is 3.80. The summed E-state index contributed by atoms with van der Waals surface area (Å²) in [7, 11) is 0. The van der Waals surface area contributed by atoms with Crippen LogP contribution in [0.3, 0.4) is 0 Å². The molecule has 1 aromatic carbocycles. The molecule has 0 atom stereocenters. The van der Waals surface area contributed by atoms with E-state index in [-0.39, 0.29) is 5.69 Å². The van der Waals surface area contributed by atoms with Crippen molar-refractivity contribution in [3.63, 3.8) is 0 Å². The molecule has 0 unspecified atom stereocenters. The van der Waals surface area contributed by atoms with Gasteiger partial charge >= 0.3 is 0 Å². The average Bonchev–Trinajstić information content (AvgIpc) is 2.87. The maximum absolute atomic E-state index is 10.6. The molecule has 6 nitrogen and oxygen atoms in total. The lowest BCUT2D eigenvalue weighted by Gasteiger charge is -2.07. The summed E-state index contributed by atoms with van der Waals surface area (Å²) in [4.78, 5) is 10.2. The van der Waals surface area contributed by atoms with Crippen molar-refractivity contribution in [3.8, 4) is 11.5 Å². The molecule has 0 fully saturated rings. The van der Waals surface area contributed by atoms with Crippen LogP contribution in [0.15, 0.2) is 53.3 Å². The number of hydrogen-bond donors (Lipinski definition) is 0. The minimum Gasteiger partial charge on any atom is -0.455 e. The number of benzene rings is 1. The van der Waals surface area contributed by atoms with Gasteiger partial charge in [-0.3, -0.25) is 10.1 Å². The van der Waals surface area contributed by atoms with Crippen molar-refractivity contribution in [2.45, 2.75) is 0 Å². The highest BCUT2D eigenvalue weighted by molar-refractivity contribution is 9.10. The Hall–Kier alpha value is -2.41. The zero-order chi connectivity index (χ0) is 14.1. The molecule has 0 bridgehead atoms. The Kier molecular flexibility index (Phi) is 3.11. The van der Waals surface area contributed by atoms with Gasteiger partial charge in [-0.25, -0.2) is 4.52 Å². The molecular weight excluding hydrogens is 326 g/mol. The number of halogens is 1. The van der Waals surface area contributed by atoms with Crippen LogP contribution in [0.2, 0.25) is 0 Å². The van der Waals surface area contributed by atoms with Gasteiger partial charge in [-0.05, 0) is 40.2 Å². The van der Waals surface area contributed by atoms with Crippen molar-refractivity contribution in [2.24, 2.45) is 0 Å². The molecule has 20 heavy (non-hydrogen) atoms. The summed E-state index contributed by atoms with van der Waals surface area (Å²) in [6.07, 6.45) is 3.49. The number of fused-ring (bicyclic) bond motifs is 1. The van der Waals surface area contributed by atoms with E-state index in [0.29, 0.717) is 11.5 Å². The molecule has 0 aliphatic rings. The van der Waals surface area contributed by atoms with E-state index in [2.05, 4.69) is 21.0 Å². The second kappa shape index (κ2) is 4.93. The molecule has 2 aromatic heterocycles. The van der Waals surface area contributed by atoms with Crippen molar-refractivity contribution in [2.75, 3.05) is 0 Å². The van der Waals surface area contributed by atoms with Crippen molar-refractivity contribution in [1.82, 2.24) is 9.61 Å². The number of nitro benzene ring substituents is 1. The SMILES string of the molecule is O=[N+]([O-])c1ccc(Oc2cc(Br)cn3nccc23)cc1. The highest BCUT2D eigenvalue weighted by Gasteiger charge is 2.08. The topological polar surface area (TPSA) is 69.7 Å². The third-order valence-electron chi connectivity index (χ3n) is 2.71. The standard InChI is InChI=1S/C13H8BrN3O3/c14-9-7-13(12-5-6-15-16(12)8-9)20-11-3-1-10(2-4-11)17(18)19/h1-8H. The predicted molar refractivity (Wildman–Crippen MR) is 76.1 cm³/mol. The number of pyridine rings is 1. The second-order valence-corrected chi connectivity index (χ2v) is 4.95. The monoisotopic (exact) mass is 333 g/mol. The molecule has 100 valence electrons. The number of aromatic nitrogens is 2. The fraction of sp³-hybridized carbons (Fsp3) is 0. The molecule has 0 saturated heterocycles. The Morgan fingerprint density at radius 1 is 1.25 bits per heavy atom. The van der Waals surface area contributed by atoms with E-state index in [9.17, 15) is 10.1 Å². The van der Waals surface area contributed by atoms with E-state index in [1.54, 1.807) is 22.8 Å². The summed E-state index contributed by atoms with van der Waals surface area (Å²) in [6.45, 7) is 0. The third-order valence-corrected chi connectivity index (χ3v) is 3.15. The average molecular weight is 334 g/mol. The number of hydrogen-bond acceptors (Lipinski definition) is 4. The van der Waals surface area contributed by atoms with Gasteiger partial charge in [0.05, 0.1) is 11.1 Å². The maximum Gasteiger partial charge on any atom is 0.269 e. The molecular formula is C13H8BrN3O3. The highest BCUT2D eigenvalue weighted by Crippen LogP contribution is 2.29. The summed E-state index contributed by atoms with van der Waals surface area (Å²) in [6, 6.07) is 9.57. The fourth-order valence-corrected chi connectivity index (χ4v) is 2.21. The Morgan fingerprint density at radius 2 is 2.00 bits per heavy atom. The summed E-state index contributed by atoms with van der Waals surface area (Å²) < 4.78 is 8.26. The normalized spacial score (nSPS) is 10.7. The summed E-state index contributed by atoms with van der Waals surface area (Å²) in [5.41, 5.74) is 0.840. The van der Waals surface area contributed by atoms with Crippen LogP contribution in [0.4, 0.5) is 5.69 Å². The number of rotatable bonds is 3. The van der Waals surface area contributed by atoms with E-state index >= 15 is 0 Å². The zero-order valence-electron chi connectivity index (χ0n) is 10.1. The van der Waals surface area contributed by atoms with Crippen molar-refractivity contribution in [3.05, 3.63) is 63.4 Å². The fourth-order valence-electron chi connectivity index (χ4n) is 1.81. The van der Waals surface area contributed by atoms with Crippen LogP contribution < -0.4 is 4.74 Å². The smallest absolute Gasteiger partial charge is 0.269 e. The van der Waals surface area contributed by atoms with Gasteiger partial charge in [-0.1, -0.05) is 0 Å². The number of nitro groups is 1. The molecule has 0 N–H and O–H groups in total. The Balaban J connectivity index is 1.96. The van der Waals surface area contributed by atoms with Gasteiger partial charge < -0.3 is 4.74 Å². The summed E-state index contributed by atoms with van der Waals surface area (Å²) >= 11 is 3.38.